The summed E-state index contributed by atoms with van der Waals surface area (Å²) < 4.78 is 0. The number of carboxylic acid groups (broad SMARTS) is 1. The minimum Gasteiger partial charge on any atom is -0.481 e. The van der Waals surface area contributed by atoms with Gasteiger partial charge >= 0.3 is 5.97 Å². The molecular weight excluding hydrogens is 296 g/mol. The highest BCUT2D eigenvalue weighted by atomic mass is 16.4. The fourth-order valence-electron chi connectivity index (χ4n) is 2.23. The van der Waals surface area contributed by atoms with Crippen molar-refractivity contribution in [3.63, 3.8) is 0 Å². The Morgan fingerprint density at radius 2 is 1.21 bits per heavy atom. The molecule has 0 aromatic heterocycles. The van der Waals surface area contributed by atoms with Gasteiger partial charge in [-0.15, -0.1) is 0 Å². The van der Waals surface area contributed by atoms with Gasteiger partial charge in [0.15, 0.2) is 0 Å². The highest BCUT2D eigenvalue weighted by molar-refractivity contribution is 5.66. The molecule has 0 saturated heterocycles. The van der Waals surface area contributed by atoms with Crippen LogP contribution in [0.4, 0.5) is 0 Å². The van der Waals surface area contributed by atoms with Gasteiger partial charge in [-0.1, -0.05) is 75.3 Å². The summed E-state index contributed by atoms with van der Waals surface area (Å²) >= 11 is 0. The Morgan fingerprint density at radius 3 is 1.67 bits per heavy atom. The van der Waals surface area contributed by atoms with E-state index in [1.165, 1.54) is 25.7 Å². The van der Waals surface area contributed by atoms with Crippen LogP contribution in [0.3, 0.4) is 0 Å². The van der Waals surface area contributed by atoms with Crippen molar-refractivity contribution >= 4 is 5.97 Å². The molecule has 0 spiro atoms. The molecular formula is C22H36O2. The number of rotatable bonds is 15. The van der Waals surface area contributed by atoms with E-state index in [9.17, 15) is 4.79 Å². The third-order valence-electron chi connectivity index (χ3n) is 3.65. The van der Waals surface area contributed by atoms with Gasteiger partial charge in [0.25, 0.3) is 0 Å². The van der Waals surface area contributed by atoms with Crippen LogP contribution in [0.1, 0.15) is 78.1 Å². The molecule has 0 fully saturated rings. The average molecular weight is 333 g/mol. The van der Waals surface area contributed by atoms with Crippen LogP contribution in [0.25, 0.3) is 0 Å². The fraction of sp³-hybridized carbons (Fsp3) is 0.591. The van der Waals surface area contributed by atoms with E-state index in [2.05, 4.69) is 62.5 Å². The van der Waals surface area contributed by atoms with Crippen molar-refractivity contribution < 1.29 is 9.90 Å². The molecule has 0 bridgehead atoms. The number of carboxylic acids is 1. The molecule has 0 rings (SSSR count). The molecule has 0 unspecified atom stereocenters. The zero-order valence-electron chi connectivity index (χ0n) is 15.6. The first-order valence-electron chi connectivity index (χ1n) is 9.44. The number of aliphatic carboxylic acids is 1. The van der Waals surface area contributed by atoms with Gasteiger partial charge in [-0.3, -0.25) is 4.79 Å². The molecule has 0 amide bonds. The standard InChI is InChI=1S/C22H36O2/c1-21(2)19-17-15-13-11-9-7-5-3-4-6-8-10-12-14-16-18-20-22(23)24/h3,5-6,8-9,11-12,14,21H,4,7,10,13,15-20H2,1-2H3,(H,23,24)/b5-3-,8-6-,11-9-,14-12-. The highest BCUT2D eigenvalue weighted by Crippen LogP contribution is 2.08. The SMILES string of the molecule is CC(C)CCCC/C=C\C/C=C\C/C=C\C/C=C\CCCC(=O)O. The van der Waals surface area contributed by atoms with Crippen molar-refractivity contribution in [3.05, 3.63) is 48.6 Å². The lowest BCUT2D eigenvalue weighted by atomic mass is 10.1. The first-order valence-corrected chi connectivity index (χ1v) is 9.44. The molecule has 24 heavy (non-hydrogen) atoms. The van der Waals surface area contributed by atoms with Crippen LogP contribution < -0.4 is 0 Å². The van der Waals surface area contributed by atoms with Crippen molar-refractivity contribution in [2.45, 2.75) is 78.1 Å². The third kappa shape index (κ3) is 20.4. The largest absolute Gasteiger partial charge is 0.481 e. The molecule has 136 valence electrons. The summed E-state index contributed by atoms with van der Waals surface area (Å²) in [5.41, 5.74) is 0. The predicted molar refractivity (Wildman–Crippen MR) is 105 cm³/mol. The van der Waals surface area contributed by atoms with Gasteiger partial charge in [-0.05, 0) is 50.9 Å². The second kappa shape index (κ2) is 17.8. The van der Waals surface area contributed by atoms with Gasteiger partial charge in [0.1, 0.15) is 0 Å². The second-order valence-corrected chi connectivity index (χ2v) is 6.56. The predicted octanol–water partition coefficient (Wildman–Crippen LogP) is 6.85. The van der Waals surface area contributed by atoms with Crippen molar-refractivity contribution in [2.24, 2.45) is 5.92 Å². The first kappa shape index (κ1) is 22.4. The topological polar surface area (TPSA) is 37.3 Å². The Bertz CT molecular complexity index is 400. The summed E-state index contributed by atoms with van der Waals surface area (Å²) in [6.07, 6.45) is 27.5. The first-order chi connectivity index (χ1) is 11.6. The van der Waals surface area contributed by atoms with E-state index in [1.54, 1.807) is 0 Å². The van der Waals surface area contributed by atoms with Crippen molar-refractivity contribution in [1.29, 1.82) is 0 Å². The Hall–Kier alpha value is -1.57. The summed E-state index contributed by atoms with van der Waals surface area (Å²) in [7, 11) is 0. The van der Waals surface area contributed by atoms with Crippen molar-refractivity contribution in [1.82, 2.24) is 0 Å². The zero-order valence-corrected chi connectivity index (χ0v) is 15.6. The average Bonchev–Trinajstić information content (AvgIpc) is 2.53. The van der Waals surface area contributed by atoms with Crippen LogP contribution in [-0.4, -0.2) is 11.1 Å². The Labute approximate surface area is 149 Å². The van der Waals surface area contributed by atoms with E-state index in [0.29, 0.717) is 0 Å². The molecule has 0 aliphatic carbocycles. The lowest BCUT2D eigenvalue weighted by Gasteiger charge is -2.01. The van der Waals surface area contributed by atoms with Crippen LogP contribution in [0.2, 0.25) is 0 Å². The lowest BCUT2D eigenvalue weighted by molar-refractivity contribution is -0.137. The van der Waals surface area contributed by atoms with Gasteiger partial charge in [-0.2, -0.15) is 0 Å². The van der Waals surface area contributed by atoms with Gasteiger partial charge in [0, 0.05) is 6.42 Å². The number of hydrogen-bond acceptors (Lipinski definition) is 1. The smallest absolute Gasteiger partial charge is 0.303 e. The fourth-order valence-corrected chi connectivity index (χ4v) is 2.23. The maximum Gasteiger partial charge on any atom is 0.303 e. The van der Waals surface area contributed by atoms with Crippen LogP contribution in [0.5, 0.6) is 0 Å². The maximum atomic E-state index is 10.3. The third-order valence-corrected chi connectivity index (χ3v) is 3.65. The molecule has 0 aromatic carbocycles. The summed E-state index contributed by atoms with van der Waals surface area (Å²) in [6, 6.07) is 0. The Morgan fingerprint density at radius 1 is 0.750 bits per heavy atom. The van der Waals surface area contributed by atoms with Gasteiger partial charge in [0.2, 0.25) is 0 Å². The molecule has 0 aliphatic heterocycles. The van der Waals surface area contributed by atoms with Crippen LogP contribution in [-0.2, 0) is 4.79 Å². The number of carbonyl (C=O) groups is 1. The molecule has 1 N–H and O–H groups in total. The van der Waals surface area contributed by atoms with E-state index in [-0.39, 0.29) is 6.42 Å². The van der Waals surface area contributed by atoms with Crippen LogP contribution in [0.15, 0.2) is 48.6 Å². The quantitative estimate of drug-likeness (QED) is 0.263. The summed E-state index contributed by atoms with van der Waals surface area (Å²) in [4.78, 5) is 10.3. The second-order valence-electron chi connectivity index (χ2n) is 6.56. The Kier molecular flexibility index (Phi) is 16.6. The minimum absolute atomic E-state index is 0.261. The summed E-state index contributed by atoms with van der Waals surface area (Å²) in [5, 5.41) is 8.51. The van der Waals surface area contributed by atoms with Crippen molar-refractivity contribution in [2.75, 3.05) is 0 Å². The molecule has 0 radical (unpaired) electrons. The normalized spacial score (nSPS) is 12.6. The number of unbranched alkanes of at least 4 members (excludes halogenated alkanes) is 3. The van der Waals surface area contributed by atoms with Crippen LogP contribution >= 0.6 is 0 Å². The molecule has 0 saturated carbocycles. The monoisotopic (exact) mass is 332 g/mol. The molecule has 2 heteroatoms. The minimum atomic E-state index is -0.712. The van der Waals surface area contributed by atoms with E-state index in [0.717, 1.165) is 38.0 Å². The van der Waals surface area contributed by atoms with E-state index in [1.807, 2.05) is 0 Å². The van der Waals surface area contributed by atoms with Crippen molar-refractivity contribution in [3.8, 4) is 0 Å². The van der Waals surface area contributed by atoms with Gasteiger partial charge < -0.3 is 5.11 Å². The summed E-state index contributed by atoms with van der Waals surface area (Å²) in [5.74, 6) is 0.119. The highest BCUT2D eigenvalue weighted by Gasteiger charge is 1.93. The molecule has 0 atom stereocenters. The maximum absolute atomic E-state index is 10.3. The van der Waals surface area contributed by atoms with Gasteiger partial charge in [0.05, 0.1) is 0 Å². The zero-order chi connectivity index (χ0) is 17.9. The van der Waals surface area contributed by atoms with E-state index >= 15 is 0 Å². The summed E-state index contributed by atoms with van der Waals surface area (Å²) in [6.45, 7) is 4.57. The number of allylic oxidation sites excluding steroid dienone is 8. The Balaban J connectivity index is 3.41. The molecule has 0 aromatic rings. The van der Waals surface area contributed by atoms with Crippen LogP contribution in [0, 0.1) is 5.92 Å². The molecule has 2 nitrogen and oxygen atoms in total. The molecule has 0 heterocycles. The lowest BCUT2D eigenvalue weighted by Crippen LogP contribution is -1.92. The van der Waals surface area contributed by atoms with E-state index < -0.39 is 5.97 Å². The van der Waals surface area contributed by atoms with E-state index in [4.69, 9.17) is 5.11 Å². The number of hydrogen-bond donors (Lipinski definition) is 1. The van der Waals surface area contributed by atoms with Gasteiger partial charge in [-0.25, -0.2) is 0 Å². The molecule has 0 aliphatic rings.